The maximum Gasteiger partial charge on any atom is 0.511 e. The van der Waals surface area contributed by atoms with Crippen molar-refractivity contribution in [2.24, 2.45) is 0 Å². The maximum atomic E-state index is 12.5. The van der Waals surface area contributed by atoms with Crippen LogP contribution >= 0.6 is 0 Å². The van der Waals surface area contributed by atoms with Crippen molar-refractivity contribution < 1.29 is 27.8 Å². The molecule has 0 saturated heterocycles. The number of hydrogen-bond donors (Lipinski definition) is 1. The van der Waals surface area contributed by atoms with Crippen LogP contribution in [-0.4, -0.2) is 11.3 Å². The van der Waals surface area contributed by atoms with Crippen molar-refractivity contribution in [3.63, 3.8) is 0 Å². The van der Waals surface area contributed by atoms with Crippen molar-refractivity contribution in [2.75, 3.05) is 0 Å². The third-order valence-corrected chi connectivity index (χ3v) is 2.86. The predicted octanol–water partition coefficient (Wildman–Crippen LogP) is 4.74. The molecule has 0 aromatic heterocycles. The van der Waals surface area contributed by atoms with E-state index in [4.69, 9.17) is 5.11 Å². The zero-order chi connectivity index (χ0) is 15.6. The van der Waals surface area contributed by atoms with Gasteiger partial charge in [-0.2, -0.15) is 13.2 Å². The van der Waals surface area contributed by atoms with Crippen molar-refractivity contribution in [2.45, 2.75) is 13.1 Å². The number of rotatable bonds is 2. The second kappa shape index (κ2) is 5.47. The van der Waals surface area contributed by atoms with Gasteiger partial charge >= 0.3 is 12.3 Å². The molecule has 0 aliphatic carbocycles. The van der Waals surface area contributed by atoms with Gasteiger partial charge in [-0.3, -0.25) is 0 Å². The van der Waals surface area contributed by atoms with Crippen LogP contribution in [-0.2, 0) is 6.18 Å². The van der Waals surface area contributed by atoms with Gasteiger partial charge in [0.05, 0.1) is 5.56 Å². The Hall–Kier alpha value is -2.50. The molecule has 0 aliphatic heterocycles. The zero-order valence-corrected chi connectivity index (χ0v) is 10.9. The molecule has 0 heterocycles. The van der Waals surface area contributed by atoms with E-state index in [1.54, 1.807) is 19.1 Å². The van der Waals surface area contributed by atoms with Gasteiger partial charge in [-0.05, 0) is 36.8 Å². The molecule has 0 bridgehead atoms. The van der Waals surface area contributed by atoms with Gasteiger partial charge < -0.3 is 9.84 Å². The summed E-state index contributed by atoms with van der Waals surface area (Å²) in [5, 5.41) is 8.69. The van der Waals surface area contributed by atoms with E-state index >= 15 is 0 Å². The molecule has 0 fully saturated rings. The van der Waals surface area contributed by atoms with Crippen molar-refractivity contribution in [1.29, 1.82) is 0 Å². The fraction of sp³-hybridized carbons (Fsp3) is 0.133. The monoisotopic (exact) mass is 296 g/mol. The van der Waals surface area contributed by atoms with Crippen molar-refractivity contribution in [1.82, 2.24) is 0 Å². The van der Waals surface area contributed by atoms with Crippen LogP contribution in [0.2, 0.25) is 0 Å². The minimum atomic E-state index is -4.41. The number of carbonyl (C=O) groups is 1. The lowest BCUT2D eigenvalue weighted by atomic mass is 10.0. The summed E-state index contributed by atoms with van der Waals surface area (Å²) in [5.74, 6) is 0.0767. The first-order valence-corrected chi connectivity index (χ1v) is 5.96. The Balaban J connectivity index is 2.45. The molecule has 0 radical (unpaired) electrons. The fourth-order valence-electron chi connectivity index (χ4n) is 1.89. The standard InChI is InChI=1S/C15H11F3O3/c1-9-2-7-13(21-14(19)20)12(8-9)10-3-5-11(6-4-10)15(16,17)18/h2-8H,1H3,(H,19,20). The maximum absolute atomic E-state index is 12.5. The van der Waals surface area contributed by atoms with Crippen LogP contribution in [0.3, 0.4) is 0 Å². The molecule has 6 heteroatoms. The van der Waals surface area contributed by atoms with Gasteiger partial charge in [-0.1, -0.05) is 23.8 Å². The second-order valence-electron chi connectivity index (χ2n) is 4.44. The zero-order valence-electron chi connectivity index (χ0n) is 10.9. The summed E-state index contributed by atoms with van der Waals surface area (Å²) in [6.07, 6.45) is -5.89. The Kier molecular flexibility index (Phi) is 3.88. The molecule has 0 unspecified atom stereocenters. The van der Waals surface area contributed by atoms with E-state index in [0.29, 0.717) is 11.1 Å². The van der Waals surface area contributed by atoms with E-state index in [-0.39, 0.29) is 5.75 Å². The van der Waals surface area contributed by atoms with E-state index in [1.807, 2.05) is 0 Å². The van der Waals surface area contributed by atoms with E-state index in [9.17, 15) is 18.0 Å². The molecule has 2 rings (SSSR count). The molecule has 110 valence electrons. The highest BCUT2D eigenvalue weighted by atomic mass is 19.4. The number of halogens is 3. The molecule has 3 nitrogen and oxygen atoms in total. The van der Waals surface area contributed by atoms with Crippen molar-refractivity contribution >= 4 is 6.16 Å². The van der Waals surface area contributed by atoms with Crippen molar-refractivity contribution in [3.05, 3.63) is 53.6 Å². The molecule has 0 amide bonds. The lowest BCUT2D eigenvalue weighted by Crippen LogP contribution is -2.05. The van der Waals surface area contributed by atoms with Gasteiger partial charge in [0, 0.05) is 5.56 Å². The molecule has 1 N–H and O–H groups in total. The van der Waals surface area contributed by atoms with Gasteiger partial charge in [-0.15, -0.1) is 0 Å². The number of carboxylic acid groups (broad SMARTS) is 1. The number of benzene rings is 2. The molecular formula is C15H11F3O3. The normalized spacial score (nSPS) is 11.2. The van der Waals surface area contributed by atoms with E-state index < -0.39 is 17.9 Å². The van der Waals surface area contributed by atoms with Crippen LogP contribution in [0.5, 0.6) is 5.75 Å². The molecule has 2 aromatic carbocycles. The number of aryl methyl sites for hydroxylation is 1. The summed E-state index contributed by atoms with van der Waals surface area (Å²) in [6, 6.07) is 9.24. The molecular weight excluding hydrogens is 285 g/mol. The summed E-state index contributed by atoms with van der Waals surface area (Å²) >= 11 is 0. The lowest BCUT2D eigenvalue weighted by molar-refractivity contribution is -0.137. The van der Waals surface area contributed by atoms with Crippen LogP contribution in [0.1, 0.15) is 11.1 Å². The summed E-state index contributed by atoms with van der Waals surface area (Å²) in [7, 11) is 0. The summed E-state index contributed by atoms with van der Waals surface area (Å²) < 4.78 is 42.3. The molecule has 21 heavy (non-hydrogen) atoms. The number of ether oxygens (including phenoxy) is 1. The largest absolute Gasteiger partial charge is 0.511 e. The SMILES string of the molecule is Cc1ccc(OC(=O)O)c(-c2ccc(C(F)(F)F)cc2)c1. The molecule has 0 spiro atoms. The predicted molar refractivity (Wildman–Crippen MR) is 70.3 cm³/mol. The van der Waals surface area contributed by atoms with E-state index in [2.05, 4.69) is 4.74 Å². The number of alkyl halides is 3. The molecule has 0 aliphatic rings. The molecule has 0 saturated carbocycles. The first-order valence-electron chi connectivity index (χ1n) is 5.96. The Labute approximate surface area is 118 Å². The summed E-state index contributed by atoms with van der Waals surface area (Å²) in [4.78, 5) is 10.7. The van der Waals surface area contributed by atoms with Gasteiger partial charge in [0.25, 0.3) is 0 Å². The first-order chi connectivity index (χ1) is 9.77. The quantitative estimate of drug-likeness (QED) is 0.643. The van der Waals surface area contributed by atoms with Gasteiger partial charge in [0.1, 0.15) is 5.75 Å². The van der Waals surface area contributed by atoms with Gasteiger partial charge in [-0.25, -0.2) is 4.79 Å². The highest BCUT2D eigenvalue weighted by molar-refractivity contribution is 5.75. The minimum absolute atomic E-state index is 0.0767. The average Bonchev–Trinajstić information content (AvgIpc) is 2.39. The van der Waals surface area contributed by atoms with Gasteiger partial charge in [0.2, 0.25) is 0 Å². The summed E-state index contributed by atoms with van der Waals surface area (Å²) in [5.41, 5.74) is 0.941. The Morgan fingerprint density at radius 2 is 1.71 bits per heavy atom. The van der Waals surface area contributed by atoms with E-state index in [1.165, 1.54) is 18.2 Å². The minimum Gasteiger partial charge on any atom is -0.449 e. The van der Waals surface area contributed by atoms with Crippen LogP contribution in [0.25, 0.3) is 11.1 Å². The smallest absolute Gasteiger partial charge is 0.449 e. The first kappa shape index (κ1) is 14.9. The lowest BCUT2D eigenvalue weighted by Gasteiger charge is -2.11. The second-order valence-corrected chi connectivity index (χ2v) is 4.44. The Morgan fingerprint density at radius 3 is 2.24 bits per heavy atom. The Bertz CT molecular complexity index is 661. The molecule has 2 aromatic rings. The highest BCUT2D eigenvalue weighted by Crippen LogP contribution is 2.34. The average molecular weight is 296 g/mol. The van der Waals surface area contributed by atoms with Crippen LogP contribution in [0, 0.1) is 6.92 Å². The topological polar surface area (TPSA) is 46.5 Å². The third-order valence-electron chi connectivity index (χ3n) is 2.86. The van der Waals surface area contributed by atoms with E-state index in [0.717, 1.165) is 17.7 Å². The van der Waals surface area contributed by atoms with Crippen molar-refractivity contribution in [3.8, 4) is 16.9 Å². The summed E-state index contributed by atoms with van der Waals surface area (Å²) in [6.45, 7) is 1.79. The van der Waals surface area contributed by atoms with Crippen LogP contribution < -0.4 is 4.74 Å². The van der Waals surface area contributed by atoms with Crippen LogP contribution in [0.15, 0.2) is 42.5 Å². The highest BCUT2D eigenvalue weighted by Gasteiger charge is 2.30. The Morgan fingerprint density at radius 1 is 1.10 bits per heavy atom. The third kappa shape index (κ3) is 3.53. The van der Waals surface area contributed by atoms with Gasteiger partial charge in [0.15, 0.2) is 0 Å². The number of hydrogen-bond acceptors (Lipinski definition) is 2. The fourth-order valence-corrected chi connectivity index (χ4v) is 1.89. The molecule has 0 atom stereocenters. The van der Waals surface area contributed by atoms with Crippen LogP contribution in [0.4, 0.5) is 18.0 Å².